The zero-order valence-corrected chi connectivity index (χ0v) is 12.8. The lowest BCUT2D eigenvalue weighted by atomic mass is 10.1. The van der Waals surface area contributed by atoms with E-state index >= 15 is 0 Å². The molecule has 1 amide bonds. The average molecular weight is 339 g/mol. The van der Waals surface area contributed by atoms with Gasteiger partial charge in [-0.2, -0.15) is 0 Å². The molecule has 0 bridgehead atoms. The molecule has 1 saturated carbocycles. The Kier molecular flexibility index (Phi) is 5.02. The zero-order chi connectivity index (χ0) is 14.9. The van der Waals surface area contributed by atoms with Crippen molar-refractivity contribution in [1.82, 2.24) is 5.32 Å². The fraction of sp³-hybridized carbons (Fsp3) is 0.462. The Balaban J connectivity index is 2.13. The first-order chi connectivity index (χ1) is 9.41. The van der Waals surface area contributed by atoms with E-state index in [1.165, 1.54) is 6.07 Å². The number of aliphatic hydroxyl groups excluding tert-OH is 1. The van der Waals surface area contributed by atoms with Crippen LogP contribution in [0.5, 0.6) is 5.75 Å². The molecule has 1 aliphatic rings. The van der Waals surface area contributed by atoms with E-state index in [2.05, 4.69) is 5.32 Å². The van der Waals surface area contributed by atoms with Crippen molar-refractivity contribution >= 4 is 40.7 Å². The highest BCUT2D eigenvalue weighted by Gasteiger charge is 2.27. The molecule has 0 saturated heterocycles. The minimum atomic E-state index is -0.559. The van der Waals surface area contributed by atoms with Crippen LogP contribution in [0, 0.1) is 5.92 Å². The van der Waals surface area contributed by atoms with Crippen molar-refractivity contribution < 1.29 is 15.0 Å². The van der Waals surface area contributed by atoms with Gasteiger partial charge in [-0.25, -0.2) is 0 Å². The summed E-state index contributed by atoms with van der Waals surface area (Å²) < 4.78 is 0. The molecule has 4 nitrogen and oxygen atoms in total. The second-order valence-corrected chi connectivity index (χ2v) is 6.04. The molecule has 1 aromatic carbocycles. The van der Waals surface area contributed by atoms with Crippen LogP contribution < -0.4 is 5.32 Å². The van der Waals surface area contributed by atoms with Crippen LogP contribution in [0.4, 0.5) is 0 Å². The summed E-state index contributed by atoms with van der Waals surface area (Å²) in [4.78, 5) is 12.1. The second kappa shape index (κ2) is 6.39. The van der Waals surface area contributed by atoms with Crippen molar-refractivity contribution in [2.45, 2.75) is 25.4 Å². The van der Waals surface area contributed by atoms with Crippen LogP contribution >= 0.6 is 34.8 Å². The largest absolute Gasteiger partial charge is 0.505 e. The molecule has 0 aromatic heterocycles. The molecular formula is C13H14Cl3NO3. The van der Waals surface area contributed by atoms with Gasteiger partial charge in [0.25, 0.3) is 5.91 Å². The fourth-order valence-electron chi connectivity index (χ4n) is 2.36. The van der Waals surface area contributed by atoms with E-state index in [1.807, 2.05) is 0 Å². The average Bonchev–Trinajstić information content (AvgIpc) is 2.80. The summed E-state index contributed by atoms with van der Waals surface area (Å²) in [6, 6.07) is 1.28. The normalized spacial score (nSPS) is 22.0. The molecule has 110 valence electrons. The second-order valence-electron chi connectivity index (χ2n) is 4.85. The van der Waals surface area contributed by atoms with Gasteiger partial charge in [0, 0.05) is 12.5 Å². The molecule has 20 heavy (non-hydrogen) atoms. The van der Waals surface area contributed by atoms with Crippen LogP contribution in [0.15, 0.2) is 6.07 Å². The Morgan fingerprint density at radius 2 is 2.00 bits per heavy atom. The molecule has 2 atom stereocenters. The number of halogens is 3. The lowest BCUT2D eigenvalue weighted by molar-refractivity contribution is 0.0914. The van der Waals surface area contributed by atoms with Crippen LogP contribution in [0.25, 0.3) is 0 Å². The number of carbonyl (C=O) groups is 1. The maximum absolute atomic E-state index is 12.1. The van der Waals surface area contributed by atoms with Gasteiger partial charge in [0.05, 0.1) is 21.2 Å². The van der Waals surface area contributed by atoms with Gasteiger partial charge in [-0.05, 0) is 18.9 Å². The number of hydrogen-bond acceptors (Lipinski definition) is 3. The smallest absolute Gasteiger partial charge is 0.256 e. The van der Waals surface area contributed by atoms with Crippen molar-refractivity contribution in [3.63, 3.8) is 0 Å². The number of rotatable bonds is 3. The minimum absolute atomic E-state index is 0.0227. The molecule has 0 aliphatic heterocycles. The number of hydrogen-bond donors (Lipinski definition) is 3. The molecule has 1 fully saturated rings. The summed E-state index contributed by atoms with van der Waals surface area (Å²) in [6.07, 6.45) is 2.14. The number of carbonyl (C=O) groups excluding carboxylic acids is 1. The standard InChI is InChI=1S/C13H14Cl3NO3/c14-7-4-8(15)12(19)10(11(7)16)13(20)17-5-6-2-1-3-9(6)18/h4,6,9,18-19H,1-3,5H2,(H,17,20). The van der Waals surface area contributed by atoms with Gasteiger partial charge >= 0.3 is 0 Å². The molecule has 3 N–H and O–H groups in total. The Bertz CT molecular complexity index is 510. The van der Waals surface area contributed by atoms with E-state index in [0.717, 1.165) is 19.3 Å². The highest BCUT2D eigenvalue weighted by Crippen LogP contribution is 2.38. The lowest BCUT2D eigenvalue weighted by Crippen LogP contribution is -2.32. The summed E-state index contributed by atoms with van der Waals surface area (Å²) in [6.45, 7) is 0.319. The summed E-state index contributed by atoms with van der Waals surface area (Å²) in [7, 11) is 0. The number of amides is 1. The maximum atomic E-state index is 12.1. The van der Waals surface area contributed by atoms with Crippen LogP contribution in [0.2, 0.25) is 15.1 Å². The van der Waals surface area contributed by atoms with Crippen molar-refractivity contribution in [1.29, 1.82) is 0 Å². The molecule has 0 radical (unpaired) electrons. The molecule has 1 aromatic rings. The molecule has 2 unspecified atom stereocenters. The van der Waals surface area contributed by atoms with E-state index < -0.39 is 17.8 Å². The van der Waals surface area contributed by atoms with Crippen molar-refractivity contribution in [3.05, 3.63) is 26.7 Å². The first-order valence-corrected chi connectivity index (χ1v) is 7.38. The highest BCUT2D eigenvalue weighted by molar-refractivity contribution is 6.45. The number of phenols is 1. The third kappa shape index (κ3) is 3.14. The maximum Gasteiger partial charge on any atom is 0.256 e. The van der Waals surface area contributed by atoms with Crippen LogP contribution in [-0.4, -0.2) is 28.8 Å². The number of benzene rings is 1. The fourth-order valence-corrected chi connectivity index (χ4v) is 3.05. The molecule has 0 spiro atoms. The van der Waals surface area contributed by atoms with Crippen LogP contribution in [0.1, 0.15) is 29.6 Å². The van der Waals surface area contributed by atoms with Gasteiger partial charge in [-0.3, -0.25) is 4.79 Å². The molecule has 0 heterocycles. The SMILES string of the molecule is O=C(NCC1CCCC1O)c1c(O)c(Cl)cc(Cl)c1Cl. The number of aliphatic hydroxyl groups is 1. The van der Waals surface area contributed by atoms with E-state index in [0.29, 0.717) is 6.54 Å². The quantitative estimate of drug-likeness (QED) is 0.741. The third-order valence-corrected chi connectivity index (χ3v) is 4.59. The Hall–Kier alpha value is -0.680. The van der Waals surface area contributed by atoms with Gasteiger partial charge < -0.3 is 15.5 Å². The van der Waals surface area contributed by atoms with Gasteiger partial charge in [0.15, 0.2) is 0 Å². The third-order valence-electron chi connectivity index (χ3n) is 3.52. The van der Waals surface area contributed by atoms with E-state index in [-0.39, 0.29) is 26.5 Å². The van der Waals surface area contributed by atoms with Gasteiger partial charge in [-0.1, -0.05) is 41.2 Å². The van der Waals surface area contributed by atoms with E-state index in [1.54, 1.807) is 0 Å². The van der Waals surface area contributed by atoms with E-state index in [9.17, 15) is 15.0 Å². The summed E-state index contributed by atoms with van der Waals surface area (Å²) in [5.41, 5.74) is -0.142. The molecule has 1 aliphatic carbocycles. The first kappa shape index (κ1) is 15.7. The molecule has 7 heteroatoms. The predicted octanol–water partition coefficient (Wildman–Crippen LogP) is 3.24. The van der Waals surface area contributed by atoms with E-state index in [4.69, 9.17) is 34.8 Å². The van der Waals surface area contributed by atoms with Crippen molar-refractivity contribution in [3.8, 4) is 5.75 Å². The monoisotopic (exact) mass is 337 g/mol. The van der Waals surface area contributed by atoms with Crippen molar-refractivity contribution in [2.24, 2.45) is 5.92 Å². The molecule has 2 rings (SSSR count). The number of nitrogens with one attached hydrogen (secondary N) is 1. The van der Waals surface area contributed by atoms with Crippen LogP contribution in [0.3, 0.4) is 0 Å². The summed E-state index contributed by atoms with van der Waals surface area (Å²) in [5.74, 6) is -0.934. The number of phenolic OH excluding ortho intramolecular Hbond substituents is 1. The van der Waals surface area contributed by atoms with Gasteiger partial charge in [0.2, 0.25) is 0 Å². The predicted molar refractivity (Wildman–Crippen MR) is 78.8 cm³/mol. The zero-order valence-electron chi connectivity index (χ0n) is 10.5. The Morgan fingerprint density at radius 3 is 2.60 bits per heavy atom. The van der Waals surface area contributed by atoms with Gasteiger partial charge in [-0.15, -0.1) is 0 Å². The lowest BCUT2D eigenvalue weighted by Gasteiger charge is -2.16. The number of aromatic hydroxyl groups is 1. The van der Waals surface area contributed by atoms with Gasteiger partial charge in [0.1, 0.15) is 11.3 Å². The Morgan fingerprint density at radius 1 is 1.30 bits per heavy atom. The minimum Gasteiger partial charge on any atom is -0.505 e. The molecular weight excluding hydrogens is 325 g/mol. The summed E-state index contributed by atoms with van der Waals surface area (Å²) >= 11 is 17.5. The summed E-state index contributed by atoms with van der Waals surface area (Å²) in [5, 5.41) is 22.2. The highest BCUT2D eigenvalue weighted by atomic mass is 35.5. The van der Waals surface area contributed by atoms with Crippen molar-refractivity contribution in [2.75, 3.05) is 6.54 Å². The Labute approximate surface area is 131 Å². The topological polar surface area (TPSA) is 69.6 Å². The first-order valence-electron chi connectivity index (χ1n) is 6.24. The van der Waals surface area contributed by atoms with Crippen LogP contribution in [-0.2, 0) is 0 Å².